The van der Waals surface area contributed by atoms with Gasteiger partial charge in [-0.25, -0.2) is 4.79 Å². The molecule has 0 amide bonds. The van der Waals surface area contributed by atoms with Gasteiger partial charge in [-0.1, -0.05) is 35.2 Å². The van der Waals surface area contributed by atoms with Crippen molar-refractivity contribution >= 4 is 15.9 Å². The van der Waals surface area contributed by atoms with Crippen LogP contribution >= 0.6 is 15.9 Å². The second kappa shape index (κ2) is 11.3. The third-order valence-corrected chi connectivity index (χ3v) is 8.16. The second-order valence-corrected chi connectivity index (χ2v) is 11.2. The minimum absolute atomic E-state index is 0.0634. The molecule has 0 unspecified atom stereocenters. The summed E-state index contributed by atoms with van der Waals surface area (Å²) in [4.78, 5) is 28.3. The molecule has 1 saturated carbocycles. The van der Waals surface area contributed by atoms with E-state index in [0.717, 1.165) is 74.0 Å². The van der Waals surface area contributed by atoms with E-state index in [-0.39, 0.29) is 23.4 Å². The number of halogens is 1. The molecule has 0 atom stereocenters. The Morgan fingerprint density at radius 1 is 1.03 bits per heavy atom. The highest BCUT2D eigenvalue weighted by Crippen LogP contribution is 2.30. The minimum atomic E-state index is -0.155. The molecule has 0 bridgehead atoms. The molecule has 1 aromatic carbocycles. The first-order valence-electron chi connectivity index (χ1n) is 12.8. The number of hydrogen-bond acceptors (Lipinski definition) is 4. The number of piperidine rings is 1. The molecule has 1 aromatic heterocycles. The lowest BCUT2D eigenvalue weighted by Crippen LogP contribution is -2.44. The van der Waals surface area contributed by atoms with E-state index in [9.17, 15) is 9.59 Å². The van der Waals surface area contributed by atoms with E-state index in [1.54, 1.807) is 10.6 Å². The van der Waals surface area contributed by atoms with Crippen molar-refractivity contribution in [3.05, 3.63) is 60.8 Å². The number of aromatic nitrogens is 2. The first-order valence-corrected chi connectivity index (χ1v) is 13.6. The van der Waals surface area contributed by atoms with E-state index in [1.165, 1.54) is 16.6 Å². The Kier molecular flexibility index (Phi) is 8.35. The highest BCUT2D eigenvalue weighted by atomic mass is 79.9. The lowest BCUT2D eigenvalue weighted by molar-refractivity contribution is 0.172. The predicted octanol–water partition coefficient (Wildman–Crippen LogP) is 5.06. The monoisotopic (exact) mass is 531 g/mol. The fraction of sp³-hybridized carbons (Fsp3) is 0.630. The molecule has 6 nitrogen and oxygen atoms in total. The molecule has 1 saturated heterocycles. The molecular formula is C27H38BrN3O3. The Morgan fingerprint density at radius 2 is 1.74 bits per heavy atom. The summed E-state index contributed by atoms with van der Waals surface area (Å²) in [6.45, 7) is 6.70. The van der Waals surface area contributed by atoms with Gasteiger partial charge in [0.15, 0.2) is 0 Å². The third-order valence-electron chi connectivity index (χ3n) is 7.38. The molecule has 0 spiro atoms. The number of hydrogen-bond donors (Lipinski definition) is 0. The second-order valence-electron chi connectivity index (χ2n) is 10.3. The number of benzene rings is 1. The van der Waals surface area contributed by atoms with Gasteiger partial charge < -0.3 is 4.74 Å². The topological polar surface area (TPSA) is 56.5 Å². The van der Waals surface area contributed by atoms with Gasteiger partial charge in [0.25, 0.3) is 5.56 Å². The Morgan fingerprint density at radius 3 is 2.41 bits per heavy atom. The van der Waals surface area contributed by atoms with Crippen LogP contribution in [0.1, 0.15) is 76.1 Å². The van der Waals surface area contributed by atoms with Crippen molar-refractivity contribution in [2.45, 2.75) is 83.9 Å². The fourth-order valence-electron chi connectivity index (χ4n) is 5.46. The van der Waals surface area contributed by atoms with Crippen LogP contribution in [-0.2, 0) is 20.0 Å². The molecule has 2 fully saturated rings. The van der Waals surface area contributed by atoms with Gasteiger partial charge in [-0.3, -0.25) is 18.8 Å². The van der Waals surface area contributed by atoms with E-state index in [1.807, 2.05) is 27.0 Å². The van der Waals surface area contributed by atoms with Gasteiger partial charge >= 0.3 is 5.69 Å². The van der Waals surface area contributed by atoms with Crippen LogP contribution in [0.4, 0.5) is 0 Å². The highest BCUT2D eigenvalue weighted by Gasteiger charge is 2.24. The van der Waals surface area contributed by atoms with Crippen molar-refractivity contribution in [2.75, 3.05) is 13.1 Å². The molecule has 1 aliphatic heterocycles. The molecule has 186 valence electrons. The summed E-state index contributed by atoms with van der Waals surface area (Å²) in [5, 5.41) is 0. The summed E-state index contributed by atoms with van der Waals surface area (Å²) >= 11 is 3.71. The van der Waals surface area contributed by atoms with E-state index >= 15 is 0 Å². The van der Waals surface area contributed by atoms with E-state index in [2.05, 4.69) is 33.0 Å². The molecule has 34 heavy (non-hydrogen) atoms. The van der Waals surface area contributed by atoms with E-state index in [0.29, 0.717) is 12.5 Å². The van der Waals surface area contributed by atoms with E-state index in [4.69, 9.17) is 4.74 Å². The van der Waals surface area contributed by atoms with Crippen molar-refractivity contribution in [1.29, 1.82) is 0 Å². The molecule has 2 aliphatic rings. The van der Waals surface area contributed by atoms with Crippen LogP contribution in [-0.4, -0.2) is 33.2 Å². The summed E-state index contributed by atoms with van der Waals surface area (Å²) in [5.74, 6) is 1.54. The van der Waals surface area contributed by atoms with Gasteiger partial charge in [-0.2, -0.15) is 0 Å². The van der Waals surface area contributed by atoms with Gasteiger partial charge in [0, 0.05) is 35.9 Å². The van der Waals surface area contributed by atoms with Gasteiger partial charge in [0.2, 0.25) is 0 Å². The molecule has 0 radical (unpaired) electrons. The Bertz CT molecular complexity index is 1090. The zero-order chi connectivity index (χ0) is 24.2. The molecule has 4 rings (SSSR count). The summed E-state index contributed by atoms with van der Waals surface area (Å²) in [5.41, 5.74) is 1.83. The summed E-state index contributed by atoms with van der Waals surface area (Å²) in [6, 6.07) is 8.02. The molecule has 2 aromatic rings. The maximum absolute atomic E-state index is 13.0. The molecule has 1 aliphatic carbocycles. The summed E-state index contributed by atoms with van der Waals surface area (Å²) < 4.78 is 10.2. The quantitative estimate of drug-likeness (QED) is 0.501. The van der Waals surface area contributed by atoms with Crippen molar-refractivity contribution in [2.24, 2.45) is 13.0 Å². The van der Waals surface area contributed by atoms with Gasteiger partial charge in [-0.05, 0) is 88.7 Å². The Labute approximate surface area is 211 Å². The zero-order valence-electron chi connectivity index (χ0n) is 20.8. The largest absolute Gasteiger partial charge is 0.491 e. The number of likely N-dealkylation sites (tertiary alicyclic amines) is 1. The normalized spacial score (nSPS) is 18.5. The molecule has 7 heteroatoms. The summed E-state index contributed by atoms with van der Waals surface area (Å²) in [6.07, 6.45) is 8.68. The third kappa shape index (κ3) is 6.03. The van der Waals surface area contributed by atoms with Crippen LogP contribution in [0.2, 0.25) is 0 Å². The maximum atomic E-state index is 13.0. The van der Waals surface area contributed by atoms with Gasteiger partial charge in [-0.15, -0.1) is 0 Å². The SMILES string of the molecule is CC(C)Oc1ccc(Br)c(CC2CCN(Cc3cc(=O)n(C4CCCCC4)c(=O)n3C)CC2)c1. The van der Waals surface area contributed by atoms with Gasteiger partial charge in [0.1, 0.15) is 5.75 Å². The summed E-state index contributed by atoms with van der Waals surface area (Å²) in [7, 11) is 1.81. The molecule has 0 N–H and O–H groups in total. The lowest BCUT2D eigenvalue weighted by atomic mass is 9.90. The molecule has 2 heterocycles. The average molecular weight is 533 g/mol. The minimum Gasteiger partial charge on any atom is -0.491 e. The number of ether oxygens (including phenoxy) is 1. The Hall–Kier alpha value is -1.86. The van der Waals surface area contributed by atoms with Gasteiger partial charge in [0.05, 0.1) is 6.10 Å². The number of nitrogens with zero attached hydrogens (tertiary/aromatic N) is 3. The van der Waals surface area contributed by atoms with Crippen LogP contribution < -0.4 is 16.0 Å². The Balaban J connectivity index is 1.37. The van der Waals surface area contributed by atoms with Crippen molar-refractivity contribution in [3.63, 3.8) is 0 Å². The smallest absolute Gasteiger partial charge is 0.331 e. The molecular weight excluding hydrogens is 494 g/mol. The van der Waals surface area contributed by atoms with Crippen LogP contribution in [0.5, 0.6) is 5.75 Å². The maximum Gasteiger partial charge on any atom is 0.331 e. The van der Waals surface area contributed by atoms with Crippen molar-refractivity contribution < 1.29 is 4.74 Å². The fourth-order valence-corrected chi connectivity index (χ4v) is 5.86. The first kappa shape index (κ1) is 25.2. The van der Waals surface area contributed by atoms with Crippen LogP contribution in [0.25, 0.3) is 0 Å². The predicted molar refractivity (Wildman–Crippen MR) is 140 cm³/mol. The van der Waals surface area contributed by atoms with Crippen molar-refractivity contribution in [3.8, 4) is 5.75 Å². The zero-order valence-corrected chi connectivity index (χ0v) is 22.3. The standard InChI is InChI=1S/C27H38BrN3O3/c1-19(2)34-24-9-10-25(28)21(16-24)15-20-11-13-30(14-12-20)18-23-17-26(32)31(27(33)29(23)3)22-7-5-4-6-8-22/h9-10,16-17,19-20,22H,4-8,11-15,18H2,1-3H3. The first-order chi connectivity index (χ1) is 16.3. The van der Waals surface area contributed by atoms with Crippen molar-refractivity contribution in [1.82, 2.24) is 14.0 Å². The van der Waals surface area contributed by atoms with Crippen LogP contribution in [0, 0.1) is 5.92 Å². The number of rotatable bonds is 7. The highest BCUT2D eigenvalue weighted by molar-refractivity contribution is 9.10. The van der Waals surface area contributed by atoms with Crippen LogP contribution in [0.3, 0.4) is 0 Å². The van der Waals surface area contributed by atoms with E-state index < -0.39 is 0 Å². The van der Waals surface area contributed by atoms with Crippen LogP contribution in [0.15, 0.2) is 38.3 Å². The lowest BCUT2D eigenvalue weighted by Gasteiger charge is -2.32. The average Bonchev–Trinajstić information content (AvgIpc) is 2.81.